The molecule has 0 radical (unpaired) electrons. The largest absolute Gasteiger partial charge is 0.463 e. The van der Waals surface area contributed by atoms with Crippen molar-refractivity contribution >= 4 is 5.91 Å². The van der Waals surface area contributed by atoms with E-state index in [0.717, 1.165) is 18.4 Å². The molecule has 0 fully saturated rings. The molecule has 0 atom stereocenters. The van der Waals surface area contributed by atoms with E-state index < -0.39 is 0 Å². The lowest BCUT2D eigenvalue weighted by molar-refractivity contribution is 0.0883. The van der Waals surface area contributed by atoms with Crippen molar-refractivity contribution in [1.29, 1.82) is 0 Å². The third kappa shape index (κ3) is 6.98. The second-order valence-corrected chi connectivity index (χ2v) is 8.66. The molecule has 1 heterocycles. The molecule has 0 spiro atoms. The van der Waals surface area contributed by atoms with Gasteiger partial charge in [-0.1, -0.05) is 90.5 Å². The maximum absolute atomic E-state index is 12.8. The molecule has 0 saturated carbocycles. The molecule has 29 heavy (non-hydrogen) atoms. The Kier molecular flexibility index (Phi) is 8.87. The summed E-state index contributed by atoms with van der Waals surface area (Å²) >= 11 is 0. The molecule has 1 aromatic carbocycles. The second-order valence-electron chi connectivity index (χ2n) is 8.66. The number of rotatable bonds is 11. The van der Waals surface area contributed by atoms with Gasteiger partial charge in [0.15, 0.2) is 5.82 Å². The van der Waals surface area contributed by atoms with Gasteiger partial charge in [-0.2, -0.15) is 9.67 Å². The third-order valence-corrected chi connectivity index (χ3v) is 5.10. The zero-order chi connectivity index (χ0) is 21.3. The predicted molar refractivity (Wildman–Crippen MR) is 119 cm³/mol. The van der Waals surface area contributed by atoms with Crippen molar-refractivity contribution < 1.29 is 9.53 Å². The number of hydrogen-bond acceptors (Lipinski definition) is 4. The molecule has 0 unspecified atom stereocenters. The van der Waals surface area contributed by atoms with Crippen LogP contribution in [0.2, 0.25) is 0 Å². The molecule has 0 N–H and O–H groups in total. The Morgan fingerprint density at radius 1 is 0.966 bits per heavy atom. The lowest BCUT2D eigenvalue weighted by Crippen LogP contribution is -2.14. The van der Waals surface area contributed by atoms with E-state index in [4.69, 9.17) is 4.74 Å². The minimum atomic E-state index is -0.0214. The van der Waals surface area contributed by atoms with Crippen LogP contribution in [0.15, 0.2) is 24.3 Å². The lowest BCUT2D eigenvalue weighted by atomic mass is 9.87. The van der Waals surface area contributed by atoms with Crippen molar-refractivity contribution in [1.82, 2.24) is 14.8 Å². The summed E-state index contributed by atoms with van der Waals surface area (Å²) < 4.78 is 6.89. The monoisotopic (exact) mass is 399 g/mol. The average molecular weight is 400 g/mol. The van der Waals surface area contributed by atoms with Gasteiger partial charge < -0.3 is 4.74 Å². The summed E-state index contributed by atoms with van der Waals surface area (Å²) in [6, 6.07) is 8.47. The van der Waals surface area contributed by atoms with Crippen LogP contribution in [0.3, 0.4) is 0 Å². The van der Waals surface area contributed by atoms with Crippen LogP contribution in [0.4, 0.5) is 0 Å². The number of unbranched alkanes of at least 4 members (excludes halogenated alkanes) is 6. The van der Waals surface area contributed by atoms with Gasteiger partial charge in [0.05, 0.1) is 6.61 Å². The van der Waals surface area contributed by atoms with Gasteiger partial charge in [0.2, 0.25) is 5.91 Å². The molecule has 0 aliphatic rings. The smallest absolute Gasteiger partial charge is 0.336 e. The molecule has 2 aromatic rings. The molecule has 0 aliphatic heterocycles. The minimum Gasteiger partial charge on any atom is -0.463 e. The predicted octanol–water partition coefficient (Wildman–Crippen LogP) is 6.42. The zero-order valence-electron chi connectivity index (χ0n) is 18.8. The molecule has 0 bridgehead atoms. The van der Waals surface area contributed by atoms with Crippen molar-refractivity contribution in [3.8, 4) is 17.4 Å². The fourth-order valence-electron chi connectivity index (χ4n) is 3.30. The van der Waals surface area contributed by atoms with E-state index in [1.807, 2.05) is 19.1 Å². The zero-order valence-corrected chi connectivity index (χ0v) is 18.8. The van der Waals surface area contributed by atoms with Crippen LogP contribution in [-0.2, 0) is 5.41 Å². The van der Waals surface area contributed by atoms with Crippen molar-refractivity contribution in [3.05, 3.63) is 29.8 Å². The standard InChI is InChI=1S/C24H37N3O2/c1-6-8-9-10-11-12-13-14-21(28)27-22(25-23(26-27)29-7-2)19-15-17-20(18-16-19)24(3,4)5/h15-18H,6-14H2,1-5H3. The third-order valence-electron chi connectivity index (χ3n) is 5.10. The Morgan fingerprint density at radius 2 is 1.59 bits per heavy atom. The number of carbonyl (C=O) groups is 1. The van der Waals surface area contributed by atoms with E-state index in [1.54, 1.807) is 0 Å². The molecular weight excluding hydrogens is 362 g/mol. The summed E-state index contributed by atoms with van der Waals surface area (Å²) in [5.41, 5.74) is 2.20. The van der Waals surface area contributed by atoms with Gasteiger partial charge in [-0.3, -0.25) is 4.79 Å². The quantitative estimate of drug-likeness (QED) is 0.409. The van der Waals surface area contributed by atoms with E-state index in [2.05, 4.69) is 49.9 Å². The first-order valence-corrected chi connectivity index (χ1v) is 11.1. The van der Waals surface area contributed by atoms with Crippen LogP contribution in [-0.4, -0.2) is 27.3 Å². The minimum absolute atomic E-state index is 0.0214. The Labute approximate surface area is 175 Å². The maximum atomic E-state index is 12.8. The summed E-state index contributed by atoms with van der Waals surface area (Å²) in [5.74, 6) is 0.536. The van der Waals surface area contributed by atoms with E-state index in [1.165, 1.54) is 42.3 Å². The summed E-state index contributed by atoms with van der Waals surface area (Å²) in [5, 5.41) is 4.32. The number of aromatic nitrogens is 3. The lowest BCUT2D eigenvalue weighted by Gasteiger charge is -2.19. The molecule has 5 nitrogen and oxygen atoms in total. The SMILES string of the molecule is CCCCCCCCCC(=O)n1nc(OCC)nc1-c1ccc(C(C)(C)C)cc1. The Balaban J connectivity index is 2.08. The Bertz CT molecular complexity index is 757. The summed E-state index contributed by atoms with van der Waals surface area (Å²) in [4.78, 5) is 17.3. The molecule has 0 aliphatic carbocycles. The summed E-state index contributed by atoms with van der Waals surface area (Å²) in [6.45, 7) is 11.1. The number of hydrogen-bond donors (Lipinski definition) is 0. The second kappa shape index (κ2) is 11.1. The van der Waals surface area contributed by atoms with Gasteiger partial charge in [0.25, 0.3) is 0 Å². The van der Waals surface area contributed by atoms with Crippen molar-refractivity contribution in [2.75, 3.05) is 6.61 Å². The van der Waals surface area contributed by atoms with Crippen molar-refractivity contribution in [2.45, 2.75) is 91.4 Å². The fraction of sp³-hybridized carbons (Fsp3) is 0.625. The van der Waals surface area contributed by atoms with Gasteiger partial charge in [0, 0.05) is 12.0 Å². The van der Waals surface area contributed by atoms with E-state index in [9.17, 15) is 4.79 Å². The fourth-order valence-corrected chi connectivity index (χ4v) is 3.30. The van der Waals surface area contributed by atoms with Gasteiger partial charge >= 0.3 is 6.01 Å². The van der Waals surface area contributed by atoms with Crippen LogP contribution < -0.4 is 4.74 Å². The van der Waals surface area contributed by atoms with E-state index in [-0.39, 0.29) is 17.3 Å². The first-order valence-electron chi connectivity index (χ1n) is 11.1. The topological polar surface area (TPSA) is 57.0 Å². The van der Waals surface area contributed by atoms with Crippen LogP contribution in [0.5, 0.6) is 6.01 Å². The van der Waals surface area contributed by atoms with Crippen LogP contribution in [0.25, 0.3) is 11.4 Å². The Morgan fingerprint density at radius 3 is 2.17 bits per heavy atom. The molecular formula is C24H37N3O2. The normalized spacial score (nSPS) is 11.6. The first-order chi connectivity index (χ1) is 13.9. The van der Waals surface area contributed by atoms with Crippen LogP contribution in [0, 0.1) is 0 Å². The van der Waals surface area contributed by atoms with Crippen molar-refractivity contribution in [2.24, 2.45) is 0 Å². The number of benzene rings is 1. The average Bonchev–Trinajstić information content (AvgIpc) is 3.11. The van der Waals surface area contributed by atoms with Gasteiger partial charge in [-0.15, -0.1) is 5.10 Å². The highest BCUT2D eigenvalue weighted by Crippen LogP contribution is 2.26. The molecule has 1 aromatic heterocycles. The Hall–Kier alpha value is -2.17. The first kappa shape index (κ1) is 23.1. The number of carbonyl (C=O) groups excluding carboxylic acids is 1. The molecule has 2 rings (SSSR count). The summed E-state index contributed by atoms with van der Waals surface area (Å²) in [7, 11) is 0. The van der Waals surface area contributed by atoms with Crippen LogP contribution >= 0.6 is 0 Å². The highest BCUT2D eigenvalue weighted by Gasteiger charge is 2.19. The van der Waals surface area contributed by atoms with Gasteiger partial charge in [0.1, 0.15) is 0 Å². The van der Waals surface area contributed by atoms with Gasteiger partial charge in [-0.25, -0.2) is 0 Å². The van der Waals surface area contributed by atoms with Gasteiger partial charge in [-0.05, 0) is 24.3 Å². The molecule has 5 heteroatoms. The molecule has 0 amide bonds. The van der Waals surface area contributed by atoms with E-state index >= 15 is 0 Å². The highest BCUT2D eigenvalue weighted by atomic mass is 16.5. The highest BCUT2D eigenvalue weighted by molar-refractivity contribution is 5.82. The maximum Gasteiger partial charge on any atom is 0.336 e. The van der Waals surface area contributed by atoms with Crippen molar-refractivity contribution in [3.63, 3.8) is 0 Å². The molecule has 160 valence electrons. The summed E-state index contributed by atoms with van der Waals surface area (Å²) in [6.07, 6.45) is 8.74. The number of ether oxygens (including phenoxy) is 1. The molecule has 0 saturated heterocycles. The van der Waals surface area contributed by atoms with Crippen LogP contribution in [0.1, 0.15) is 96.3 Å². The van der Waals surface area contributed by atoms with E-state index in [0.29, 0.717) is 18.9 Å². The number of nitrogens with zero attached hydrogens (tertiary/aromatic N) is 3.